The molecule has 6 nitrogen and oxygen atoms in total. The van der Waals surface area contributed by atoms with Gasteiger partial charge in [0.15, 0.2) is 5.78 Å². The molecule has 0 saturated heterocycles. The fourth-order valence-corrected chi connectivity index (χ4v) is 4.10. The predicted molar refractivity (Wildman–Crippen MR) is 120 cm³/mol. The van der Waals surface area contributed by atoms with E-state index in [2.05, 4.69) is 0 Å². The summed E-state index contributed by atoms with van der Waals surface area (Å²) in [6, 6.07) is 13.8. The molecule has 1 aliphatic heterocycles. The zero-order chi connectivity index (χ0) is 22.6. The number of pyridine rings is 1. The fraction of sp³-hybridized carbons (Fsp3) is 0.0769. The monoisotopic (exact) mass is 424 g/mol. The number of hydrogen-bond acceptors (Lipinski definition) is 5. The molecule has 2 heterocycles. The molecule has 158 valence electrons. The Bertz CT molecular complexity index is 1440. The third kappa shape index (κ3) is 3.04. The van der Waals surface area contributed by atoms with Crippen LogP contribution in [0.2, 0.25) is 0 Å². The molecule has 0 radical (unpaired) electrons. The van der Waals surface area contributed by atoms with Gasteiger partial charge in [0.25, 0.3) is 0 Å². The Balaban J connectivity index is 1.49. The van der Waals surface area contributed by atoms with Crippen LogP contribution in [0.25, 0.3) is 23.1 Å². The molecular weight excluding hydrogens is 404 g/mol. The number of ketones is 1. The van der Waals surface area contributed by atoms with E-state index < -0.39 is 0 Å². The van der Waals surface area contributed by atoms with Crippen molar-refractivity contribution in [1.82, 2.24) is 0 Å². The number of benzene rings is 2. The van der Waals surface area contributed by atoms with Crippen LogP contribution in [0.4, 0.5) is 5.69 Å². The van der Waals surface area contributed by atoms with Gasteiger partial charge in [-0.2, -0.15) is 4.57 Å². The number of rotatable bonds is 2. The van der Waals surface area contributed by atoms with Crippen LogP contribution in [0.15, 0.2) is 83.3 Å². The lowest BCUT2D eigenvalue weighted by molar-refractivity contribution is -0.646. The number of phenolic OH excluding ortho intramolecular Hbond substituents is 2. The second kappa shape index (κ2) is 7.13. The molecule has 0 unspecified atom stereocenters. The molecule has 2 aliphatic rings. The van der Waals surface area contributed by atoms with Crippen molar-refractivity contribution in [1.29, 1.82) is 0 Å². The number of aromatic hydroxyl groups is 2. The Labute approximate surface area is 184 Å². The molecule has 5 rings (SSSR count). The van der Waals surface area contributed by atoms with Gasteiger partial charge in [-0.25, -0.2) is 0 Å². The number of nitrogens with zero attached hydrogens (tertiary/aromatic N) is 2. The molecule has 0 fully saturated rings. The van der Waals surface area contributed by atoms with Gasteiger partial charge in [0.05, 0.1) is 5.39 Å². The lowest BCUT2D eigenvalue weighted by Gasteiger charge is -2.31. The van der Waals surface area contributed by atoms with Crippen LogP contribution in [0, 0.1) is 0 Å². The summed E-state index contributed by atoms with van der Waals surface area (Å²) in [7, 11) is 3.70. The molecule has 2 N–H and O–H groups in total. The number of Topliss-reactive ketones (excluding diaryl/α,β-unsaturated/α-hetero) is 1. The number of anilines is 1. The van der Waals surface area contributed by atoms with Gasteiger partial charge in [-0.05, 0) is 48.6 Å². The zero-order valence-corrected chi connectivity index (χ0v) is 17.5. The summed E-state index contributed by atoms with van der Waals surface area (Å²) in [5.41, 5.74) is 4.35. The molecule has 32 heavy (non-hydrogen) atoms. The Hall–Kier alpha value is -4.32. The highest BCUT2D eigenvalue weighted by Crippen LogP contribution is 2.35. The van der Waals surface area contributed by atoms with Crippen LogP contribution in [-0.2, 0) is 11.8 Å². The van der Waals surface area contributed by atoms with Gasteiger partial charge in [0, 0.05) is 53.4 Å². The Morgan fingerprint density at radius 3 is 2.50 bits per heavy atom. The lowest BCUT2D eigenvalue weighted by Crippen LogP contribution is -2.35. The SMILES string of the molecule is CN1/C(=C\C2=C([O-])C(=C/c3ccc4cc(O)ccc4[n+]3C)/C2=O)C=Cc2cc(O)ccc21. The van der Waals surface area contributed by atoms with E-state index in [0.29, 0.717) is 0 Å². The Morgan fingerprint density at radius 1 is 0.969 bits per heavy atom. The molecule has 0 saturated carbocycles. The first-order valence-corrected chi connectivity index (χ1v) is 10.1. The average Bonchev–Trinajstić information content (AvgIpc) is 2.78. The lowest BCUT2D eigenvalue weighted by atomic mass is 9.86. The summed E-state index contributed by atoms with van der Waals surface area (Å²) < 4.78 is 1.88. The van der Waals surface area contributed by atoms with Gasteiger partial charge in [-0.3, -0.25) is 4.79 Å². The van der Waals surface area contributed by atoms with Crippen molar-refractivity contribution >= 4 is 34.5 Å². The maximum Gasteiger partial charge on any atom is 0.212 e. The molecule has 0 amide bonds. The van der Waals surface area contributed by atoms with Crippen molar-refractivity contribution in [2.75, 3.05) is 11.9 Å². The van der Waals surface area contributed by atoms with E-state index >= 15 is 0 Å². The van der Waals surface area contributed by atoms with Crippen LogP contribution in [0.3, 0.4) is 0 Å². The summed E-state index contributed by atoms with van der Waals surface area (Å²) in [6.07, 6.45) is 6.88. The van der Waals surface area contributed by atoms with Gasteiger partial charge in [-0.15, -0.1) is 0 Å². The van der Waals surface area contributed by atoms with E-state index in [1.54, 1.807) is 48.6 Å². The van der Waals surface area contributed by atoms with Gasteiger partial charge < -0.3 is 20.2 Å². The number of likely N-dealkylation sites (N-methyl/N-ethyl adjacent to an activating group) is 1. The first kappa shape index (κ1) is 19.6. The van der Waals surface area contributed by atoms with Crippen molar-refractivity contribution in [3.63, 3.8) is 0 Å². The number of phenols is 2. The largest absolute Gasteiger partial charge is 0.871 e. The highest BCUT2D eigenvalue weighted by atomic mass is 16.3. The van der Waals surface area contributed by atoms with Crippen molar-refractivity contribution in [2.24, 2.45) is 7.05 Å². The van der Waals surface area contributed by atoms with E-state index in [1.165, 1.54) is 0 Å². The topological polar surface area (TPSA) is 87.7 Å². The van der Waals surface area contributed by atoms with Crippen molar-refractivity contribution in [3.05, 3.63) is 94.5 Å². The van der Waals surface area contributed by atoms with E-state index in [-0.39, 0.29) is 34.2 Å². The highest BCUT2D eigenvalue weighted by molar-refractivity contribution is 6.23. The van der Waals surface area contributed by atoms with Crippen LogP contribution < -0.4 is 14.6 Å². The maximum absolute atomic E-state index is 12.8. The van der Waals surface area contributed by atoms with E-state index in [0.717, 1.165) is 33.5 Å². The van der Waals surface area contributed by atoms with Crippen LogP contribution in [0.5, 0.6) is 11.5 Å². The Morgan fingerprint density at radius 2 is 1.72 bits per heavy atom. The van der Waals surface area contributed by atoms with E-state index in [4.69, 9.17) is 0 Å². The molecule has 0 spiro atoms. The van der Waals surface area contributed by atoms with Crippen molar-refractivity contribution in [2.45, 2.75) is 0 Å². The minimum atomic E-state index is -0.286. The number of carbonyl (C=O) groups is 1. The third-order valence-corrected chi connectivity index (χ3v) is 5.95. The molecule has 2 aromatic carbocycles. The number of hydrogen-bond donors (Lipinski definition) is 2. The maximum atomic E-state index is 12.8. The smallest absolute Gasteiger partial charge is 0.212 e. The second-order valence-corrected chi connectivity index (χ2v) is 7.89. The first-order chi connectivity index (χ1) is 15.3. The van der Waals surface area contributed by atoms with Crippen LogP contribution >= 0.6 is 0 Å². The normalized spacial score (nSPS) is 17.9. The summed E-state index contributed by atoms with van der Waals surface area (Å²) in [6.45, 7) is 0. The van der Waals surface area contributed by atoms with Crippen molar-refractivity contribution < 1.29 is 24.7 Å². The highest BCUT2D eigenvalue weighted by Gasteiger charge is 2.28. The quantitative estimate of drug-likeness (QED) is 0.488. The molecule has 6 heteroatoms. The van der Waals surface area contributed by atoms with Gasteiger partial charge in [-0.1, -0.05) is 11.8 Å². The average molecular weight is 424 g/mol. The standard InChI is InChI=1S/C26H20N2O4/c1-27-17(5-3-15-11-19(29)7-9-23(15)27)13-21-25(31)22(26(21)32)14-18-6-4-16-12-20(30)8-10-24(16)28(18)2/h3-14H,1-2H3,(H2-,29,30,31,32). The molecule has 1 aromatic heterocycles. The van der Waals surface area contributed by atoms with Gasteiger partial charge in [0.2, 0.25) is 11.2 Å². The molecule has 0 bridgehead atoms. The van der Waals surface area contributed by atoms with Crippen LogP contribution in [0.1, 0.15) is 11.3 Å². The number of carbonyl (C=O) groups excluding carboxylic acids is 1. The number of aromatic nitrogens is 1. The summed E-state index contributed by atoms with van der Waals surface area (Å²) in [4.78, 5) is 14.7. The zero-order valence-electron chi connectivity index (χ0n) is 17.5. The van der Waals surface area contributed by atoms with Gasteiger partial charge in [0.1, 0.15) is 18.5 Å². The molecule has 0 atom stereocenters. The van der Waals surface area contributed by atoms with E-state index in [1.807, 2.05) is 47.8 Å². The summed E-state index contributed by atoms with van der Waals surface area (Å²) in [5.74, 6) is -0.207. The number of aryl methyl sites for hydroxylation is 1. The number of fused-ring (bicyclic) bond motifs is 2. The Kier molecular flexibility index (Phi) is 4.37. The minimum absolute atomic E-state index is 0.151. The fourth-order valence-electron chi connectivity index (χ4n) is 4.10. The molecular formula is C26H20N2O4. The molecule has 1 aliphatic carbocycles. The van der Waals surface area contributed by atoms with E-state index in [9.17, 15) is 20.1 Å². The van der Waals surface area contributed by atoms with Crippen LogP contribution in [-0.4, -0.2) is 23.0 Å². The molecule has 3 aromatic rings. The number of allylic oxidation sites excluding steroid dienone is 4. The summed E-state index contributed by atoms with van der Waals surface area (Å²) >= 11 is 0. The summed E-state index contributed by atoms with van der Waals surface area (Å²) in [5, 5.41) is 33.0. The van der Waals surface area contributed by atoms with Crippen molar-refractivity contribution in [3.8, 4) is 11.5 Å². The minimum Gasteiger partial charge on any atom is -0.871 e. The van der Waals surface area contributed by atoms with Gasteiger partial charge >= 0.3 is 0 Å². The second-order valence-electron chi connectivity index (χ2n) is 7.89. The third-order valence-electron chi connectivity index (χ3n) is 5.95. The first-order valence-electron chi connectivity index (χ1n) is 10.1. The predicted octanol–water partition coefficient (Wildman–Crippen LogP) is 2.70.